The highest BCUT2D eigenvalue weighted by Crippen LogP contribution is 2.50. The Balaban J connectivity index is 1.74. The Labute approximate surface area is 217 Å². The number of aliphatic hydroxyl groups excluding tert-OH is 2. The number of hydrogen-bond donors (Lipinski definition) is 7. The summed E-state index contributed by atoms with van der Waals surface area (Å²) in [6.45, 7) is 1.06. The molecule has 4 unspecified atom stereocenters. The lowest BCUT2D eigenvalue weighted by Gasteiger charge is -2.48. The Kier molecular flexibility index (Phi) is 6.06. The third kappa shape index (κ3) is 3.67. The molecule has 2 bridgehead atoms. The first-order valence-corrected chi connectivity index (χ1v) is 11.7. The van der Waals surface area contributed by atoms with Gasteiger partial charge < -0.3 is 36.8 Å². The second kappa shape index (κ2) is 9.14. The van der Waals surface area contributed by atoms with E-state index in [1.54, 1.807) is 0 Å². The fourth-order valence-electron chi connectivity index (χ4n) is 5.23. The fourth-order valence-corrected chi connectivity index (χ4v) is 5.23. The number of amides is 1. The monoisotopic (exact) mass is 513 g/mol. The van der Waals surface area contributed by atoms with E-state index in [2.05, 4.69) is 34.3 Å². The van der Waals surface area contributed by atoms with E-state index in [9.17, 15) is 34.8 Å². The van der Waals surface area contributed by atoms with Gasteiger partial charge in [0.2, 0.25) is 5.91 Å². The summed E-state index contributed by atoms with van der Waals surface area (Å²) >= 11 is 0. The zero-order valence-corrected chi connectivity index (χ0v) is 20.1. The van der Waals surface area contributed by atoms with Crippen molar-refractivity contribution < 1.29 is 34.8 Å². The van der Waals surface area contributed by atoms with Crippen LogP contribution in [0.15, 0.2) is 36.4 Å². The molecule has 1 amide bonds. The van der Waals surface area contributed by atoms with Gasteiger partial charge in [-0.15, -0.1) is 0 Å². The van der Waals surface area contributed by atoms with Crippen molar-refractivity contribution in [2.24, 2.45) is 5.73 Å². The van der Waals surface area contributed by atoms with Gasteiger partial charge in [0.05, 0.1) is 35.4 Å². The van der Waals surface area contributed by atoms with E-state index in [1.165, 1.54) is 43.3 Å². The van der Waals surface area contributed by atoms with Crippen LogP contribution in [0.1, 0.15) is 50.2 Å². The number of carbonyl (C=O) groups excluding carboxylic acids is 3. The van der Waals surface area contributed by atoms with Gasteiger partial charge in [-0.2, -0.15) is 0 Å². The summed E-state index contributed by atoms with van der Waals surface area (Å²) in [5, 5.41) is 49.9. The van der Waals surface area contributed by atoms with Gasteiger partial charge in [-0.3, -0.25) is 14.4 Å². The van der Waals surface area contributed by atoms with Crippen molar-refractivity contribution in [1.82, 2.24) is 0 Å². The highest BCUT2D eigenvalue weighted by Gasteiger charge is 2.56. The van der Waals surface area contributed by atoms with Crippen molar-refractivity contribution in [3.05, 3.63) is 64.2 Å². The van der Waals surface area contributed by atoms with E-state index in [0.29, 0.717) is 0 Å². The highest BCUT2D eigenvalue weighted by atomic mass is 16.3. The molecule has 3 aliphatic rings. The molecule has 2 aromatic carbocycles. The van der Waals surface area contributed by atoms with Crippen molar-refractivity contribution in [3.8, 4) is 29.4 Å². The fraction of sp³-hybridized carbons (Fsp3) is 0.250. The number of benzene rings is 2. The molecule has 192 valence electrons. The Morgan fingerprint density at radius 3 is 2.50 bits per heavy atom. The first-order valence-electron chi connectivity index (χ1n) is 11.7. The van der Waals surface area contributed by atoms with Crippen LogP contribution in [-0.4, -0.2) is 68.3 Å². The smallest absolute Gasteiger partial charge is 0.238 e. The third-order valence-electron chi connectivity index (χ3n) is 7.05. The van der Waals surface area contributed by atoms with Crippen molar-refractivity contribution in [2.75, 3.05) is 17.2 Å². The van der Waals surface area contributed by atoms with Gasteiger partial charge in [0.15, 0.2) is 11.6 Å². The molecule has 1 heterocycles. The number of aliphatic hydroxyl groups is 3. The number of fused-ring (bicyclic) bond motifs is 7. The number of nitrogens with one attached hydrogen (secondary N) is 2. The van der Waals surface area contributed by atoms with E-state index in [4.69, 9.17) is 5.73 Å². The molecule has 5 atom stereocenters. The Hall–Kier alpha value is -4.45. The maximum Gasteiger partial charge on any atom is 0.238 e. The SMILES string of the molecule is CC(O)[C@]1(O)C2C#C/C=C\C#CC(O)C1c1cc(O)c3c(c1N2)C(=O)c1ccc(NC(=O)CN)cc1C3=O. The van der Waals surface area contributed by atoms with Crippen molar-refractivity contribution in [3.63, 3.8) is 0 Å². The summed E-state index contributed by atoms with van der Waals surface area (Å²) in [5.41, 5.74) is 3.24. The minimum Gasteiger partial charge on any atom is -0.507 e. The Bertz CT molecular complexity index is 1570. The topological polar surface area (TPSA) is 182 Å². The number of phenols is 1. The number of allylic oxidation sites excluding steroid dienone is 2. The summed E-state index contributed by atoms with van der Waals surface area (Å²) in [7, 11) is 0. The Morgan fingerprint density at radius 1 is 1.13 bits per heavy atom. The molecule has 0 aromatic heterocycles. The van der Waals surface area contributed by atoms with Crippen LogP contribution in [0.3, 0.4) is 0 Å². The van der Waals surface area contributed by atoms with E-state index in [-0.39, 0.29) is 45.7 Å². The lowest BCUT2D eigenvalue weighted by atomic mass is 9.66. The molecule has 2 aliphatic carbocycles. The molecular formula is C28H23N3O7. The van der Waals surface area contributed by atoms with Gasteiger partial charge in [0, 0.05) is 16.8 Å². The van der Waals surface area contributed by atoms with Crippen LogP contribution in [0.5, 0.6) is 5.75 Å². The summed E-state index contributed by atoms with van der Waals surface area (Å²) in [4.78, 5) is 39.1. The van der Waals surface area contributed by atoms with Crippen LogP contribution in [-0.2, 0) is 4.79 Å². The molecule has 10 nitrogen and oxygen atoms in total. The van der Waals surface area contributed by atoms with Crippen LogP contribution < -0.4 is 16.4 Å². The van der Waals surface area contributed by atoms with Gasteiger partial charge >= 0.3 is 0 Å². The summed E-state index contributed by atoms with van der Waals surface area (Å²) in [5.74, 6) is 7.12. The van der Waals surface area contributed by atoms with E-state index in [0.717, 1.165) is 0 Å². The highest BCUT2D eigenvalue weighted by molar-refractivity contribution is 6.31. The maximum absolute atomic E-state index is 13.8. The molecular weight excluding hydrogens is 490 g/mol. The first kappa shape index (κ1) is 25.2. The van der Waals surface area contributed by atoms with Crippen LogP contribution >= 0.6 is 0 Å². The number of nitrogens with two attached hydrogens (primary N) is 1. The molecule has 10 heteroatoms. The average molecular weight is 514 g/mol. The molecule has 0 saturated heterocycles. The van der Waals surface area contributed by atoms with Gasteiger partial charge in [-0.1, -0.05) is 23.7 Å². The third-order valence-corrected chi connectivity index (χ3v) is 7.05. The molecule has 1 aliphatic heterocycles. The van der Waals surface area contributed by atoms with Gasteiger partial charge in [-0.25, -0.2) is 0 Å². The molecule has 5 rings (SSSR count). The summed E-state index contributed by atoms with van der Waals surface area (Å²) in [6, 6.07) is 4.15. The minimum absolute atomic E-state index is 0.0257. The second-order valence-corrected chi connectivity index (χ2v) is 9.25. The molecule has 2 aromatic rings. The number of anilines is 2. The molecule has 0 radical (unpaired) electrons. The standard InChI is InChI=1S/C28H23N3O7/c1-13(32)28(38)20-7-5-3-2-4-6-18(33)24(28)17-11-19(34)22-23(25(17)31-20)26(36)15-9-8-14(30-21(35)12-29)10-16(15)27(22)37/h2-3,8-11,13,18,20,24,31-34,38H,12,29H2,1H3,(H,30,35)/b3-2-/t13?,18?,20?,24?,28-/m0/s1. The summed E-state index contributed by atoms with van der Waals surface area (Å²) < 4.78 is 0. The lowest BCUT2D eigenvalue weighted by molar-refractivity contribution is -0.114. The van der Waals surface area contributed by atoms with Crippen molar-refractivity contribution in [1.29, 1.82) is 0 Å². The zero-order chi connectivity index (χ0) is 27.4. The predicted octanol–water partition coefficient (Wildman–Crippen LogP) is -0.00810. The van der Waals surface area contributed by atoms with Gasteiger partial charge in [-0.05, 0) is 48.9 Å². The molecule has 0 spiro atoms. The van der Waals surface area contributed by atoms with E-state index < -0.39 is 53.0 Å². The second-order valence-electron chi connectivity index (χ2n) is 9.25. The minimum atomic E-state index is -2.09. The van der Waals surface area contributed by atoms with Crippen molar-refractivity contribution in [2.45, 2.75) is 36.7 Å². The quantitative estimate of drug-likeness (QED) is 0.187. The predicted molar refractivity (Wildman–Crippen MR) is 137 cm³/mol. The number of phenolic OH excluding ortho intramolecular Hbond substituents is 1. The van der Waals surface area contributed by atoms with Gasteiger partial charge in [0.25, 0.3) is 0 Å². The van der Waals surface area contributed by atoms with Crippen LogP contribution in [0.25, 0.3) is 0 Å². The van der Waals surface area contributed by atoms with Crippen LogP contribution in [0.4, 0.5) is 11.4 Å². The number of hydrogen-bond acceptors (Lipinski definition) is 9. The van der Waals surface area contributed by atoms with Crippen molar-refractivity contribution >= 4 is 28.8 Å². The number of rotatable bonds is 3. The average Bonchev–Trinajstić information content (AvgIpc) is 2.88. The Morgan fingerprint density at radius 2 is 1.82 bits per heavy atom. The zero-order valence-electron chi connectivity index (χ0n) is 20.1. The van der Waals surface area contributed by atoms with E-state index in [1.807, 2.05) is 0 Å². The molecule has 8 N–H and O–H groups in total. The van der Waals surface area contributed by atoms with Gasteiger partial charge in [0.1, 0.15) is 23.5 Å². The van der Waals surface area contributed by atoms with Crippen LogP contribution in [0, 0.1) is 23.7 Å². The number of ketones is 2. The lowest BCUT2D eigenvalue weighted by Crippen LogP contribution is -2.62. The molecule has 0 fully saturated rings. The normalized spacial score (nSPS) is 26.1. The largest absolute Gasteiger partial charge is 0.507 e. The first-order chi connectivity index (χ1) is 18.1. The number of carbonyl (C=O) groups is 3. The van der Waals surface area contributed by atoms with E-state index >= 15 is 0 Å². The molecule has 38 heavy (non-hydrogen) atoms. The van der Waals surface area contributed by atoms with Crippen LogP contribution in [0.2, 0.25) is 0 Å². The summed E-state index contributed by atoms with van der Waals surface area (Å²) in [6.07, 6.45) is -0.119. The number of aromatic hydroxyl groups is 1. The molecule has 0 saturated carbocycles. The maximum atomic E-state index is 13.8.